The second kappa shape index (κ2) is 11.0. The van der Waals surface area contributed by atoms with Gasteiger partial charge in [-0.2, -0.15) is 0 Å². The molecule has 0 bridgehead atoms. The zero-order valence-electron chi connectivity index (χ0n) is 15.5. The zero-order chi connectivity index (χ0) is 17.0. The van der Waals surface area contributed by atoms with Gasteiger partial charge in [-0.05, 0) is 68.3 Å². The number of aryl methyl sites for hydroxylation is 2. The molecule has 0 N–H and O–H groups in total. The average molecular weight is 324 g/mol. The van der Waals surface area contributed by atoms with Crippen molar-refractivity contribution in [2.45, 2.75) is 52.4 Å². The second-order valence-corrected chi connectivity index (χ2v) is 6.41. The minimum absolute atomic E-state index is 1.22. The summed E-state index contributed by atoms with van der Waals surface area (Å²) < 4.78 is 0. The van der Waals surface area contributed by atoms with E-state index >= 15 is 0 Å². The maximum absolute atomic E-state index is 2.67. The number of fused-ring (bicyclic) bond motifs is 1. The molecular weight excluding hydrogens is 290 g/mol. The highest BCUT2D eigenvalue weighted by molar-refractivity contribution is 5.28. The van der Waals surface area contributed by atoms with Crippen molar-refractivity contribution in [2.75, 3.05) is 19.6 Å². The highest BCUT2D eigenvalue weighted by atomic mass is 15.1. The Morgan fingerprint density at radius 1 is 0.750 bits per heavy atom. The van der Waals surface area contributed by atoms with Crippen molar-refractivity contribution < 1.29 is 0 Å². The molecule has 0 fully saturated rings. The molecule has 130 valence electrons. The number of rotatable bonds is 5. The van der Waals surface area contributed by atoms with Gasteiger partial charge in [-0.3, -0.25) is 0 Å². The largest absolute Gasteiger partial charge is 0.303 e. The van der Waals surface area contributed by atoms with Gasteiger partial charge in [0.15, 0.2) is 0 Å². The fourth-order valence-electron chi connectivity index (χ4n) is 3.46. The summed E-state index contributed by atoms with van der Waals surface area (Å²) in [5.74, 6) is 0. The third-order valence-electron chi connectivity index (χ3n) is 4.77. The number of unbranched alkanes of at least 4 members (excludes halogenated alkanes) is 1. The first-order chi connectivity index (χ1) is 11.9. The molecule has 0 saturated heterocycles. The van der Waals surface area contributed by atoms with Crippen LogP contribution in [0.4, 0.5) is 0 Å². The Labute approximate surface area is 148 Å². The van der Waals surface area contributed by atoms with E-state index < -0.39 is 0 Å². The Bertz CT molecular complexity index is 561. The van der Waals surface area contributed by atoms with Crippen LogP contribution < -0.4 is 0 Å². The molecular formula is C23H33N. The van der Waals surface area contributed by atoms with E-state index in [-0.39, 0.29) is 0 Å². The minimum Gasteiger partial charge on any atom is -0.303 e. The van der Waals surface area contributed by atoms with Crippen molar-refractivity contribution in [1.29, 1.82) is 0 Å². The van der Waals surface area contributed by atoms with Crippen LogP contribution in [0.2, 0.25) is 0 Å². The third-order valence-corrected chi connectivity index (χ3v) is 4.77. The van der Waals surface area contributed by atoms with Crippen LogP contribution in [0, 0.1) is 0 Å². The molecule has 0 unspecified atom stereocenters. The topological polar surface area (TPSA) is 3.24 Å². The van der Waals surface area contributed by atoms with E-state index in [1.54, 1.807) is 11.1 Å². The summed E-state index contributed by atoms with van der Waals surface area (Å²) >= 11 is 0. The van der Waals surface area contributed by atoms with E-state index in [0.29, 0.717) is 0 Å². The summed E-state index contributed by atoms with van der Waals surface area (Å²) in [6, 6.07) is 19.9. The first kappa shape index (κ1) is 18.7. The van der Waals surface area contributed by atoms with Crippen LogP contribution in [-0.2, 0) is 19.3 Å². The first-order valence-electron chi connectivity index (χ1n) is 9.75. The number of hydrogen-bond donors (Lipinski definition) is 0. The van der Waals surface area contributed by atoms with Crippen molar-refractivity contribution in [3.8, 4) is 0 Å². The molecule has 1 nitrogen and oxygen atoms in total. The molecule has 1 aliphatic rings. The van der Waals surface area contributed by atoms with Crippen molar-refractivity contribution in [1.82, 2.24) is 4.90 Å². The lowest BCUT2D eigenvalue weighted by Crippen LogP contribution is -2.30. The SMILES string of the molecule is CC.c1ccc(CCCCN2CCCc3ccccc3CC2)cc1. The molecule has 0 aliphatic carbocycles. The summed E-state index contributed by atoms with van der Waals surface area (Å²) in [5, 5.41) is 0. The van der Waals surface area contributed by atoms with E-state index in [2.05, 4.69) is 59.5 Å². The zero-order valence-corrected chi connectivity index (χ0v) is 15.5. The number of hydrogen-bond acceptors (Lipinski definition) is 1. The molecule has 0 aromatic heterocycles. The van der Waals surface area contributed by atoms with Gasteiger partial charge in [-0.1, -0.05) is 68.4 Å². The molecule has 2 aromatic carbocycles. The smallest absolute Gasteiger partial charge is 0.00219 e. The predicted octanol–water partition coefficient (Wildman–Crippen LogP) is 5.53. The standard InChI is InChI=1S/C21H27N.C2H6/c1-2-9-19(10-3-1)11-6-7-16-22-17-8-14-20-12-4-5-13-21(20)15-18-22;1-2/h1-5,9-10,12-13H,6-8,11,14-18H2;1-2H3. The summed E-state index contributed by atoms with van der Waals surface area (Å²) in [4.78, 5) is 2.67. The lowest BCUT2D eigenvalue weighted by atomic mass is 9.98. The number of nitrogens with zero attached hydrogens (tertiary/aromatic N) is 1. The van der Waals surface area contributed by atoms with Crippen LogP contribution in [-0.4, -0.2) is 24.5 Å². The Hall–Kier alpha value is -1.60. The number of benzene rings is 2. The van der Waals surface area contributed by atoms with E-state index in [4.69, 9.17) is 0 Å². The average Bonchev–Trinajstić information content (AvgIpc) is 2.63. The molecule has 2 aromatic rings. The van der Waals surface area contributed by atoms with Crippen molar-refractivity contribution in [2.24, 2.45) is 0 Å². The van der Waals surface area contributed by atoms with Gasteiger partial charge in [0.1, 0.15) is 0 Å². The van der Waals surface area contributed by atoms with Crippen LogP contribution in [0.25, 0.3) is 0 Å². The molecule has 1 aliphatic heterocycles. The van der Waals surface area contributed by atoms with E-state index in [1.165, 1.54) is 63.7 Å². The van der Waals surface area contributed by atoms with Crippen LogP contribution in [0.1, 0.15) is 49.8 Å². The summed E-state index contributed by atoms with van der Waals surface area (Å²) in [6.45, 7) is 7.75. The molecule has 3 rings (SSSR count). The molecule has 1 heterocycles. The Kier molecular flexibility index (Phi) is 8.62. The summed E-state index contributed by atoms with van der Waals surface area (Å²) in [7, 11) is 0. The lowest BCUT2D eigenvalue weighted by Gasteiger charge is -2.25. The molecule has 0 radical (unpaired) electrons. The van der Waals surface area contributed by atoms with Crippen molar-refractivity contribution >= 4 is 0 Å². The van der Waals surface area contributed by atoms with Crippen LogP contribution in [0.15, 0.2) is 54.6 Å². The molecule has 24 heavy (non-hydrogen) atoms. The fraction of sp³-hybridized carbons (Fsp3) is 0.478. The van der Waals surface area contributed by atoms with Crippen LogP contribution in [0.3, 0.4) is 0 Å². The highest BCUT2D eigenvalue weighted by Gasteiger charge is 2.11. The van der Waals surface area contributed by atoms with Crippen molar-refractivity contribution in [3.63, 3.8) is 0 Å². The van der Waals surface area contributed by atoms with Gasteiger partial charge in [0.05, 0.1) is 0 Å². The summed E-state index contributed by atoms with van der Waals surface area (Å²) in [5.41, 5.74) is 4.62. The van der Waals surface area contributed by atoms with Crippen LogP contribution in [0.5, 0.6) is 0 Å². The van der Waals surface area contributed by atoms with Gasteiger partial charge in [-0.15, -0.1) is 0 Å². The molecule has 0 atom stereocenters. The molecule has 0 spiro atoms. The highest BCUT2D eigenvalue weighted by Crippen LogP contribution is 2.16. The molecule has 0 saturated carbocycles. The van der Waals surface area contributed by atoms with Gasteiger partial charge in [0, 0.05) is 6.54 Å². The van der Waals surface area contributed by atoms with Gasteiger partial charge >= 0.3 is 0 Å². The van der Waals surface area contributed by atoms with E-state index in [1.807, 2.05) is 13.8 Å². The van der Waals surface area contributed by atoms with Crippen molar-refractivity contribution in [3.05, 3.63) is 71.3 Å². The molecule has 0 amide bonds. The fourth-order valence-corrected chi connectivity index (χ4v) is 3.46. The monoisotopic (exact) mass is 323 g/mol. The minimum atomic E-state index is 1.22. The van der Waals surface area contributed by atoms with Gasteiger partial charge in [0.25, 0.3) is 0 Å². The quantitative estimate of drug-likeness (QED) is 0.654. The van der Waals surface area contributed by atoms with E-state index in [9.17, 15) is 0 Å². The lowest BCUT2D eigenvalue weighted by molar-refractivity contribution is 0.263. The maximum Gasteiger partial charge on any atom is 0.00219 e. The second-order valence-electron chi connectivity index (χ2n) is 6.41. The third kappa shape index (κ3) is 6.13. The Balaban J connectivity index is 0.00000100. The predicted molar refractivity (Wildman–Crippen MR) is 106 cm³/mol. The maximum atomic E-state index is 2.67. The van der Waals surface area contributed by atoms with Gasteiger partial charge in [0.2, 0.25) is 0 Å². The van der Waals surface area contributed by atoms with Gasteiger partial charge in [-0.25, -0.2) is 0 Å². The Morgan fingerprint density at radius 2 is 1.42 bits per heavy atom. The van der Waals surface area contributed by atoms with E-state index in [0.717, 1.165) is 0 Å². The Morgan fingerprint density at radius 3 is 2.17 bits per heavy atom. The van der Waals surface area contributed by atoms with Crippen LogP contribution >= 0.6 is 0 Å². The normalized spacial score (nSPS) is 14.8. The molecule has 1 heteroatoms. The van der Waals surface area contributed by atoms with Gasteiger partial charge < -0.3 is 4.90 Å². The first-order valence-corrected chi connectivity index (χ1v) is 9.75. The summed E-state index contributed by atoms with van der Waals surface area (Å²) in [6.07, 6.45) is 7.60.